The molecular weight excluding hydrogens is 268 g/mol. The summed E-state index contributed by atoms with van der Waals surface area (Å²) in [5.74, 6) is 0.735. The number of rotatable bonds is 3. The number of morpholine rings is 1. The van der Waals surface area contributed by atoms with Gasteiger partial charge in [-0.1, -0.05) is 0 Å². The summed E-state index contributed by atoms with van der Waals surface area (Å²) in [4.78, 5) is 0. The summed E-state index contributed by atoms with van der Waals surface area (Å²) in [5.41, 5.74) is 2.81. The molecule has 0 aromatic carbocycles. The molecule has 2 N–H and O–H groups in total. The van der Waals surface area contributed by atoms with Crippen LogP contribution < -0.4 is 10.6 Å². The number of anilines is 1. The summed E-state index contributed by atoms with van der Waals surface area (Å²) in [5, 5.41) is 19.3. The Morgan fingerprint density at radius 3 is 2.95 bits per heavy atom. The van der Waals surface area contributed by atoms with Crippen molar-refractivity contribution in [2.75, 3.05) is 25.5 Å². The maximum atomic E-state index is 5.84. The van der Waals surface area contributed by atoms with Crippen molar-refractivity contribution in [2.45, 2.75) is 19.1 Å². The Balaban J connectivity index is 2.02. The lowest BCUT2D eigenvalue weighted by Crippen LogP contribution is -2.41. The number of ether oxygens (including phenoxy) is 1. The summed E-state index contributed by atoms with van der Waals surface area (Å²) in [6.45, 7) is 3.65. The first-order chi connectivity index (χ1) is 10.2. The highest BCUT2D eigenvalue weighted by atomic mass is 16.5. The minimum atomic E-state index is -0.0795. The molecule has 2 atom stereocenters. The van der Waals surface area contributed by atoms with Crippen LogP contribution in [0.25, 0.3) is 11.3 Å². The average molecular weight is 288 g/mol. The van der Waals surface area contributed by atoms with Gasteiger partial charge in [0.1, 0.15) is 6.10 Å². The van der Waals surface area contributed by atoms with Gasteiger partial charge < -0.3 is 15.4 Å². The predicted molar refractivity (Wildman–Crippen MR) is 79.9 cm³/mol. The van der Waals surface area contributed by atoms with Gasteiger partial charge in [0.25, 0.3) is 0 Å². The quantitative estimate of drug-likeness (QED) is 0.876. The molecule has 21 heavy (non-hydrogen) atoms. The van der Waals surface area contributed by atoms with Crippen molar-refractivity contribution < 1.29 is 4.74 Å². The molecule has 7 heteroatoms. The van der Waals surface area contributed by atoms with Gasteiger partial charge in [-0.3, -0.25) is 4.68 Å². The number of hydrogen-bond donors (Lipinski definition) is 2. The normalized spacial score (nSPS) is 22.2. The van der Waals surface area contributed by atoms with E-state index in [0.717, 1.165) is 29.3 Å². The Morgan fingerprint density at radius 1 is 1.43 bits per heavy atom. The monoisotopic (exact) mass is 288 g/mol. The van der Waals surface area contributed by atoms with E-state index in [1.165, 1.54) is 0 Å². The lowest BCUT2D eigenvalue weighted by Gasteiger charge is -2.29. The van der Waals surface area contributed by atoms with Crippen LogP contribution in [0.4, 0.5) is 5.82 Å². The molecule has 0 bridgehead atoms. The van der Waals surface area contributed by atoms with E-state index >= 15 is 0 Å². The largest absolute Gasteiger partial charge is 0.371 e. The lowest BCUT2D eigenvalue weighted by atomic mass is 10.0. The summed E-state index contributed by atoms with van der Waals surface area (Å²) >= 11 is 0. The van der Waals surface area contributed by atoms with Gasteiger partial charge in [-0.05, 0) is 19.1 Å². The highest BCUT2D eigenvalue weighted by Gasteiger charge is 2.26. The third-order valence-electron chi connectivity index (χ3n) is 3.76. The van der Waals surface area contributed by atoms with Crippen LogP contribution in [0, 0.1) is 0 Å². The second-order valence-corrected chi connectivity index (χ2v) is 5.16. The van der Waals surface area contributed by atoms with Gasteiger partial charge in [-0.2, -0.15) is 10.2 Å². The number of nitrogens with zero attached hydrogens (tertiary/aromatic N) is 4. The highest BCUT2D eigenvalue weighted by molar-refractivity contribution is 5.72. The zero-order valence-corrected chi connectivity index (χ0v) is 12.5. The molecule has 0 saturated carbocycles. The molecule has 2 aromatic rings. The highest BCUT2D eigenvalue weighted by Crippen LogP contribution is 2.29. The lowest BCUT2D eigenvalue weighted by molar-refractivity contribution is -0.00326. The van der Waals surface area contributed by atoms with E-state index in [2.05, 4.69) is 32.9 Å². The fourth-order valence-corrected chi connectivity index (χ4v) is 2.63. The molecule has 0 amide bonds. The number of hydrogen-bond acceptors (Lipinski definition) is 6. The molecule has 7 nitrogen and oxygen atoms in total. The smallest absolute Gasteiger partial charge is 0.157 e. The predicted octanol–water partition coefficient (Wildman–Crippen LogP) is 0.968. The van der Waals surface area contributed by atoms with Gasteiger partial charge in [0.15, 0.2) is 5.82 Å². The first-order valence-electron chi connectivity index (χ1n) is 7.09. The molecule has 3 rings (SSSR count). The van der Waals surface area contributed by atoms with E-state index in [9.17, 15) is 0 Å². The fourth-order valence-electron chi connectivity index (χ4n) is 2.63. The van der Waals surface area contributed by atoms with E-state index in [0.29, 0.717) is 6.61 Å². The molecule has 0 aliphatic carbocycles. The second-order valence-electron chi connectivity index (χ2n) is 5.16. The van der Waals surface area contributed by atoms with Crippen molar-refractivity contribution in [2.24, 2.45) is 7.05 Å². The zero-order chi connectivity index (χ0) is 14.8. The van der Waals surface area contributed by atoms with Gasteiger partial charge in [0.05, 0.1) is 18.0 Å². The van der Waals surface area contributed by atoms with E-state index in [4.69, 9.17) is 4.74 Å². The van der Waals surface area contributed by atoms with Crippen molar-refractivity contribution in [1.82, 2.24) is 25.3 Å². The van der Waals surface area contributed by atoms with Gasteiger partial charge >= 0.3 is 0 Å². The minimum absolute atomic E-state index is 0.0795. The Bertz CT molecular complexity index is 626. The van der Waals surface area contributed by atoms with Crippen molar-refractivity contribution in [3.8, 4) is 11.3 Å². The van der Waals surface area contributed by atoms with Crippen LogP contribution in [0.3, 0.4) is 0 Å². The van der Waals surface area contributed by atoms with Crippen LogP contribution in [0.2, 0.25) is 0 Å². The van der Waals surface area contributed by atoms with Crippen LogP contribution in [0.15, 0.2) is 18.3 Å². The zero-order valence-electron chi connectivity index (χ0n) is 12.5. The van der Waals surface area contributed by atoms with Crippen LogP contribution in [-0.4, -0.2) is 46.2 Å². The SMILES string of the molecule is CNc1nnc(C2OCCNC2C)cc1-c1ccnn1C. The summed E-state index contributed by atoms with van der Waals surface area (Å²) < 4.78 is 7.67. The van der Waals surface area contributed by atoms with Crippen molar-refractivity contribution >= 4 is 5.82 Å². The number of nitrogens with one attached hydrogen (secondary N) is 2. The molecule has 0 radical (unpaired) electrons. The Kier molecular flexibility index (Phi) is 3.85. The van der Waals surface area contributed by atoms with E-state index in [1.807, 2.05) is 30.9 Å². The molecule has 112 valence electrons. The number of aromatic nitrogens is 4. The Hall–Kier alpha value is -1.99. The Morgan fingerprint density at radius 2 is 2.29 bits per heavy atom. The van der Waals surface area contributed by atoms with Crippen LogP contribution in [-0.2, 0) is 11.8 Å². The molecule has 2 unspecified atom stereocenters. The maximum absolute atomic E-state index is 5.84. The summed E-state index contributed by atoms with van der Waals surface area (Å²) in [7, 11) is 3.75. The van der Waals surface area contributed by atoms with Gasteiger partial charge in [0, 0.05) is 38.4 Å². The third-order valence-corrected chi connectivity index (χ3v) is 3.76. The molecule has 0 spiro atoms. The van der Waals surface area contributed by atoms with Crippen LogP contribution >= 0.6 is 0 Å². The third kappa shape index (κ3) is 2.62. The first kappa shape index (κ1) is 14.0. The van der Waals surface area contributed by atoms with Gasteiger partial charge in [-0.15, -0.1) is 5.10 Å². The second kappa shape index (κ2) is 5.79. The maximum Gasteiger partial charge on any atom is 0.157 e. The standard InChI is InChI=1S/C14H20N6O/c1-9-13(21-7-6-16-9)11-8-10(14(15-2)19-18-11)12-4-5-17-20(12)3/h4-5,8-9,13,16H,6-7H2,1-3H3,(H,15,19). The topological polar surface area (TPSA) is 76.9 Å². The average Bonchev–Trinajstić information content (AvgIpc) is 2.93. The number of aryl methyl sites for hydroxylation is 1. The van der Waals surface area contributed by atoms with Gasteiger partial charge in [0.2, 0.25) is 0 Å². The molecule has 1 aliphatic rings. The van der Waals surface area contributed by atoms with Crippen LogP contribution in [0.5, 0.6) is 0 Å². The Labute approximate surface area is 123 Å². The summed E-state index contributed by atoms with van der Waals surface area (Å²) in [6, 6.07) is 4.21. The molecule has 1 saturated heterocycles. The fraction of sp³-hybridized carbons (Fsp3) is 0.500. The van der Waals surface area contributed by atoms with Gasteiger partial charge in [-0.25, -0.2) is 0 Å². The van der Waals surface area contributed by atoms with Crippen LogP contribution in [0.1, 0.15) is 18.7 Å². The summed E-state index contributed by atoms with van der Waals surface area (Å²) in [6.07, 6.45) is 1.69. The molecule has 1 aliphatic heterocycles. The van der Waals surface area contributed by atoms with E-state index < -0.39 is 0 Å². The molecule has 3 heterocycles. The molecule has 2 aromatic heterocycles. The van der Waals surface area contributed by atoms with Crippen molar-refractivity contribution in [3.05, 3.63) is 24.0 Å². The van der Waals surface area contributed by atoms with Crippen molar-refractivity contribution in [1.29, 1.82) is 0 Å². The minimum Gasteiger partial charge on any atom is -0.371 e. The first-order valence-corrected chi connectivity index (χ1v) is 7.09. The molecular formula is C14H20N6O. The van der Waals surface area contributed by atoms with Crippen molar-refractivity contribution in [3.63, 3.8) is 0 Å². The molecule has 1 fully saturated rings. The van der Waals surface area contributed by atoms with E-state index in [1.54, 1.807) is 6.20 Å². The van der Waals surface area contributed by atoms with E-state index in [-0.39, 0.29) is 12.1 Å².